The van der Waals surface area contributed by atoms with Crippen molar-refractivity contribution in [3.63, 3.8) is 0 Å². The van der Waals surface area contributed by atoms with E-state index in [0.29, 0.717) is 11.6 Å². The number of rotatable bonds is 4. The smallest absolute Gasteiger partial charge is 0.161 e. The first-order valence-corrected chi connectivity index (χ1v) is 7.07. The van der Waals surface area contributed by atoms with Gasteiger partial charge in [0.25, 0.3) is 0 Å². The summed E-state index contributed by atoms with van der Waals surface area (Å²) in [6, 6.07) is 4.48. The molecule has 0 bridgehead atoms. The molecule has 1 saturated heterocycles. The summed E-state index contributed by atoms with van der Waals surface area (Å²) in [4.78, 5) is 20.4. The summed E-state index contributed by atoms with van der Waals surface area (Å²) >= 11 is 0. The Balaban J connectivity index is 1.96. The van der Waals surface area contributed by atoms with Crippen molar-refractivity contribution in [2.45, 2.75) is 33.2 Å². The van der Waals surface area contributed by atoms with Gasteiger partial charge in [-0.3, -0.25) is 9.69 Å². The third-order valence-electron chi connectivity index (χ3n) is 4.01. The third kappa shape index (κ3) is 3.32. The van der Waals surface area contributed by atoms with Gasteiger partial charge in [0.2, 0.25) is 0 Å². The first-order chi connectivity index (χ1) is 9.11. The molecule has 1 atom stereocenters. The Labute approximate surface area is 115 Å². The van der Waals surface area contributed by atoms with Crippen LogP contribution in [0.3, 0.4) is 0 Å². The van der Waals surface area contributed by atoms with Crippen molar-refractivity contribution >= 4 is 11.6 Å². The zero-order valence-corrected chi connectivity index (χ0v) is 12.1. The molecule has 0 N–H and O–H groups in total. The van der Waals surface area contributed by atoms with Gasteiger partial charge in [-0.05, 0) is 32.4 Å². The second-order valence-corrected chi connectivity index (χ2v) is 5.24. The largest absolute Gasteiger partial charge is 0.354 e. The van der Waals surface area contributed by atoms with Crippen LogP contribution >= 0.6 is 0 Å². The Bertz CT molecular complexity index is 422. The van der Waals surface area contributed by atoms with E-state index in [1.165, 1.54) is 6.42 Å². The highest BCUT2D eigenvalue weighted by Crippen LogP contribution is 2.16. The maximum atomic E-state index is 11.2. The molecule has 0 amide bonds. The highest BCUT2D eigenvalue weighted by Gasteiger charge is 2.20. The van der Waals surface area contributed by atoms with Crippen molar-refractivity contribution in [3.8, 4) is 0 Å². The molecule has 1 aliphatic heterocycles. The summed E-state index contributed by atoms with van der Waals surface area (Å²) in [7, 11) is 0. The lowest BCUT2D eigenvalue weighted by Crippen LogP contribution is -2.49. The average Bonchev–Trinajstić information content (AvgIpc) is 2.46. The molecule has 1 aromatic rings. The third-order valence-corrected chi connectivity index (χ3v) is 4.01. The normalized spacial score (nSPS) is 18.4. The second-order valence-electron chi connectivity index (χ2n) is 5.24. The maximum absolute atomic E-state index is 11.2. The van der Waals surface area contributed by atoms with E-state index in [4.69, 9.17) is 0 Å². The highest BCUT2D eigenvalue weighted by molar-refractivity contribution is 5.93. The Morgan fingerprint density at radius 1 is 1.32 bits per heavy atom. The van der Waals surface area contributed by atoms with Crippen molar-refractivity contribution in [1.82, 2.24) is 9.88 Å². The van der Waals surface area contributed by atoms with E-state index in [1.807, 2.05) is 12.1 Å². The van der Waals surface area contributed by atoms with Crippen LogP contribution in [0.25, 0.3) is 0 Å². The van der Waals surface area contributed by atoms with E-state index < -0.39 is 0 Å². The molecule has 104 valence electrons. The van der Waals surface area contributed by atoms with Gasteiger partial charge in [0, 0.05) is 44.0 Å². The van der Waals surface area contributed by atoms with Gasteiger partial charge in [-0.2, -0.15) is 0 Å². The van der Waals surface area contributed by atoms with Crippen molar-refractivity contribution < 1.29 is 4.79 Å². The van der Waals surface area contributed by atoms with Gasteiger partial charge in [0.1, 0.15) is 5.82 Å². The molecule has 19 heavy (non-hydrogen) atoms. The van der Waals surface area contributed by atoms with Crippen LogP contribution in [0, 0.1) is 0 Å². The summed E-state index contributed by atoms with van der Waals surface area (Å²) < 4.78 is 0. The Morgan fingerprint density at radius 3 is 2.47 bits per heavy atom. The Kier molecular flexibility index (Phi) is 4.53. The molecule has 1 aliphatic rings. The standard InChI is InChI=1S/C15H23N3O/c1-4-12(2)17-7-9-18(10-8-17)15-6-5-14(11-16-15)13(3)19/h5-6,11-12H,4,7-10H2,1-3H3. The molecule has 0 aliphatic carbocycles. The number of anilines is 1. The van der Waals surface area contributed by atoms with Gasteiger partial charge in [0.05, 0.1) is 0 Å². The zero-order chi connectivity index (χ0) is 13.8. The topological polar surface area (TPSA) is 36.4 Å². The molecule has 0 saturated carbocycles. The SMILES string of the molecule is CCC(C)N1CCN(c2ccc(C(C)=O)cn2)CC1. The minimum Gasteiger partial charge on any atom is -0.354 e. The zero-order valence-electron chi connectivity index (χ0n) is 12.1. The number of carbonyl (C=O) groups is 1. The Morgan fingerprint density at radius 2 is 2.00 bits per heavy atom. The molecule has 4 heteroatoms. The summed E-state index contributed by atoms with van der Waals surface area (Å²) in [5, 5.41) is 0. The number of ketones is 1. The number of nitrogens with zero attached hydrogens (tertiary/aromatic N) is 3. The van der Waals surface area contributed by atoms with Crippen molar-refractivity contribution in [3.05, 3.63) is 23.9 Å². The molecule has 2 heterocycles. The van der Waals surface area contributed by atoms with Gasteiger partial charge in [0.15, 0.2) is 5.78 Å². The summed E-state index contributed by atoms with van der Waals surface area (Å²) in [6.07, 6.45) is 2.88. The van der Waals surface area contributed by atoms with Crippen LogP contribution in [0.4, 0.5) is 5.82 Å². The van der Waals surface area contributed by atoms with E-state index in [0.717, 1.165) is 32.0 Å². The van der Waals surface area contributed by atoms with E-state index in [1.54, 1.807) is 13.1 Å². The fraction of sp³-hybridized carbons (Fsp3) is 0.600. The van der Waals surface area contributed by atoms with E-state index >= 15 is 0 Å². The van der Waals surface area contributed by atoms with Crippen LogP contribution in [0.1, 0.15) is 37.6 Å². The van der Waals surface area contributed by atoms with Gasteiger partial charge >= 0.3 is 0 Å². The number of hydrogen-bond donors (Lipinski definition) is 0. The number of Topliss-reactive ketones (excluding diaryl/α,β-unsaturated/α-hetero) is 1. The van der Waals surface area contributed by atoms with Crippen LogP contribution < -0.4 is 4.90 Å². The summed E-state index contributed by atoms with van der Waals surface area (Å²) in [6.45, 7) is 10.3. The maximum Gasteiger partial charge on any atom is 0.161 e. The molecule has 1 aromatic heterocycles. The van der Waals surface area contributed by atoms with Crippen molar-refractivity contribution in [2.75, 3.05) is 31.1 Å². The van der Waals surface area contributed by atoms with Crippen molar-refractivity contribution in [2.24, 2.45) is 0 Å². The van der Waals surface area contributed by atoms with Gasteiger partial charge in [-0.1, -0.05) is 6.92 Å². The van der Waals surface area contributed by atoms with Gasteiger partial charge < -0.3 is 4.90 Å². The predicted molar refractivity (Wildman–Crippen MR) is 77.8 cm³/mol. The van der Waals surface area contributed by atoms with E-state index in [2.05, 4.69) is 28.6 Å². The molecule has 1 unspecified atom stereocenters. The second kappa shape index (κ2) is 6.15. The van der Waals surface area contributed by atoms with Gasteiger partial charge in [-0.25, -0.2) is 4.98 Å². The van der Waals surface area contributed by atoms with Crippen LogP contribution in [0.5, 0.6) is 0 Å². The number of pyridine rings is 1. The molecule has 2 rings (SSSR count). The van der Waals surface area contributed by atoms with E-state index in [9.17, 15) is 4.79 Å². The van der Waals surface area contributed by atoms with Crippen LogP contribution in [0.2, 0.25) is 0 Å². The number of aromatic nitrogens is 1. The Hall–Kier alpha value is -1.42. The quantitative estimate of drug-likeness (QED) is 0.779. The fourth-order valence-electron chi connectivity index (χ4n) is 2.43. The average molecular weight is 261 g/mol. The lowest BCUT2D eigenvalue weighted by Gasteiger charge is -2.38. The first-order valence-electron chi connectivity index (χ1n) is 7.07. The lowest BCUT2D eigenvalue weighted by atomic mass is 10.2. The predicted octanol–water partition coefficient (Wildman–Crippen LogP) is 2.20. The van der Waals surface area contributed by atoms with E-state index in [-0.39, 0.29) is 5.78 Å². The molecule has 0 spiro atoms. The number of piperazine rings is 1. The number of carbonyl (C=O) groups excluding carboxylic acids is 1. The lowest BCUT2D eigenvalue weighted by molar-refractivity contribution is 0.101. The molecule has 0 aromatic carbocycles. The summed E-state index contributed by atoms with van der Waals surface area (Å²) in [5.41, 5.74) is 0.682. The molecular weight excluding hydrogens is 238 g/mol. The minimum absolute atomic E-state index is 0.0700. The first kappa shape index (κ1) is 14.0. The minimum atomic E-state index is 0.0700. The van der Waals surface area contributed by atoms with Crippen molar-refractivity contribution in [1.29, 1.82) is 0 Å². The monoisotopic (exact) mass is 261 g/mol. The van der Waals surface area contributed by atoms with Gasteiger partial charge in [-0.15, -0.1) is 0 Å². The van der Waals surface area contributed by atoms with Crippen LogP contribution in [-0.4, -0.2) is 47.9 Å². The molecule has 4 nitrogen and oxygen atoms in total. The van der Waals surface area contributed by atoms with Crippen LogP contribution in [-0.2, 0) is 0 Å². The highest BCUT2D eigenvalue weighted by atomic mass is 16.1. The molecule has 1 fully saturated rings. The summed E-state index contributed by atoms with van der Waals surface area (Å²) in [5.74, 6) is 1.05. The fourth-order valence-corrected chi connectivity index (χ4v) is 2.43. The molecular formula is C15H23N3O. The number of hydrogen-bond acceptors (Lipinski definition) is 4. The van der Waals surface area contributed by atoms with Crippen LogP contribution in [0.15, 0.2) is 18.3 Å². The molecule has 0 radical (unpaired) electrons.